The van der Waals surface area contributed by atoms with Gasteiger partial charge in [-0.1, -0.05) is 0 Å². The Morgan fingerprint density at radius 2 is 1.61 bits per heavy atom. The summed E-state index contributed by atoms with van der Waals surface area (Å²) in [7, 11) is 0. The predicted octanol–water partition coefficient (Wildman–Crippen LogP) is 0.550. The Kier molecular flexibility index (Phi) is 6.95. The van der Waals surface area contributed by atoms with Crippen molar-refractivity contribution in [2.45, 2.75) is 59.0 Å². The van der Waals surface area contributed by atoms with Crippen LogP contribution in [0, 0.1) is 0 Å². The molecule has 130 valence electrons. The fraction of sp³-hybridized carbons (Fsp3) is 0.714. The number of ether oxygens (including phenoxy) is 3. The van der Waals surface area contributed by atoms with Crippen molar-refractivity contribution in [3.8, 4) is 0 Å². The number of hydrogen-bond acceptors (Lipinski definition) is 9. The van der Waals surface area contributed by atoms with E-state index in [1.165, 1.54) is 20.8 Å². The van der Waals surface area contributed by atoms with Crippen LogP contribution in [-0.2, 0) is 38.4 Å². The van der Waals surface area contributed by atoms with Gasteiger partial charge in [0.2, 0.25) is 5.90 Å². The first-order chi connectivity index (χ1) is 10.7. The van der Waals surface area contributed by atoms with Crippen LogP contribution in [0.25, 0.3) is 0 Å². The van der Waals surface area contributed by atoms with E-state index in [1.54, 1.807) is 13.8 Å². The third-order valence-corrected chi connectivity index (χ3v) is 2.90. The van der Waals surface area contributed by atoms with Crippen LogP contribution in [0.3, 0.4) is 0 Å². The summed E-state index contributed by atoms with van der Waals surface area (Å²) in [5, 5.41) is 0. The molecule has 23 heavy (non-hydrogen) atoms. The Balaban J connectivity index is 3.12. The second kappa shape index (κ2) is 8.47. The molecule has 0 radical (unpaired) electrons. The molecule has 0 aromatic rings. The molecular formula is C14H21NO8. The highest BCUT2D eigenvalue weighted by molar-refractivity contribution is 5.73. The minimum absolute atomic E-state index is 0.198. The fourth-order valence-electron chi connectivity index (χ4n) is 2.07. The van der Waals surface area contributed by atoms with Gasteiger partial charge in [0, 0.05) is 27.7 Å². The lowest BCUT2D eigenvalue weighted by Gasteiger charge is -2.34. The Labute approximate surface area is 133 Å². The second-order valence-corrected chi connectivity index (χ2v) is 5.06. The molecule has 1 aliphatic heterocycles. The van der Waals surface area contributed by atoms with Crippen molar-refractivity contribution in [1.29, 1.82) is 0 Å². The Morgan fingerprint density at radius 1 is 1.04 bits per heavy atom. The van der Waals surface area contributed by atoms with E-state index in [9.17, 15) is 14.4 Å². The van der Waals surface area contributed by atoms with Gasteiger partial charge in [-0.2, -0.15) is 4.89 Å². The number of aliphatic imine (C=N–C) groups is 1. The number of esters is 3. The van der Waals surface area contributed by atoms with Crippen molar-refractivity contribution in [1.82, 2.24) is 0 Å². The van der Waals surface area contributed by atoms with Gasteiger partial charge in [0.05, 0.1) is 6.04 Å². The van der Waals surface area contributed by atoms with Crippen molar-refractivity contribution >= 4 is 23.8 Å². The van der Waals surface area contributed by atoms with Crippen LogP contribution in [0.1, 0.15) is 34.6 Å². The molecule has 0 spiro atoms. The molecule has 0 aromatic heterocycles. The molecule has 1 heterocycles. The molecule has 1 aliphatic rings. The normalized spacial score (nSPS) is 27.6. The van der Waals surface area contributed by atoms with Gasteiger partial charge in [-0.3, -0.25) is 14.4 Å². The predicted molar refractivity (Wildman–Crippen MR) is 76.3 cm³/mol. The van der Waals surface area contributed by atoms with Crippen LogP contribution >= 0.6 is 0 Å². The average molecular weight is 331 g/mol. The van der Waals surface area contributed by atoms with Crippen molar-refractivity contribution in [3.63, 3.8) is 0 Å². The van der Waals surface area contributed by atoms with Crippen molar-refractivity contribution < 1.29 is 38.4 Å². The molecule has 4 atom stereocenters. The average Bonchev–Trinajstić information content (AvgIpc) is 2.41. The lowest BCUT2D eigenvalue weighted by molar-refractivity contribution is -0.300. The van der Waals surface area contributed by atoms with E-state index in [0.717, 1.165) is 0 Å². The smallest absolute Gasteiger partial charge is 0.303 e. The van der Waals surface area contributed by atoms with Crippen LogP contribution < -0.4 is 0 Å². The first-order valence-corrected chi connectivity index (χ1v) is 7.06. The summed E-state index contributed by atoms with van der Waals surface area (Å²) in [6, 6.07) is -0.563. The van der Waals surface area contributed by atoms with Crippen LogP contribution in [-0.4, -0.2) is 54.8 Å². The quantitative estimate of drug-likeness (QED) is 0.417. The molecule has 0 bridgehead atoms. The molecule has 9 nitrogen and oxygen atoms in total. The lowest BCUT2D eigenvalue weighted by atomic mass is 10.0. The molecule has 0 aliphatic carbocycles. The summed E-state index contributed by atoms with van der Waals surface area (Å²) in [5.41, 5.74) is 0. The molecule has 0 saturated heterocycles. The third-order valence-electron chi connectivity index (χ3n) is 2.90. The van der Waals surface area contributed by atoms with E-state index < -0.39 is 42.3 Å². The highest BCUT2D eigenvalue weighted by atomic mass is 17.2. The number of rotatable bonds is 4. The number of carbonyl (C=O) groups is 3. The zero-order valence-electron chi connectivity index (χ0n) is 13.7. The summed E-state index contributed by atoms with van der Waals surface area (Å²) >= 11 is 0. The Hall–Kier alpha value is -2.16. The standard InChI is InChI=1S/C14H21NO8/c1-7-13(20-10(4)17)14(21-11(5)18)12(6-19-9(3)16)23-22-8(2)15-7/h7,12-14H,6H2,1-5H3/t7-,12?,13?,14+/m1/s1. The monoisotopic (exact) mass is 331 g/mol. The van der Waals surface area contributed by atoms with Gasteiger partial charge < -0.3 is 19.1 Å². The molecule has 0 saturated carbocycles. The van der Waals surface area contributed by atoms with Crippen LogP contribution in [0.15, 0.2) is 4.99 Å². The van der Waals surface area contributed by atoms with Gasteiger partial charge in [0.1, 0.15) is 6.61 Å². The molecule has 0 N–H and O–H groups in total. The van der Waals surface area contributed by atoms with Crippen molar-refractivity contribution in [3.05, 3.63) is 0 Å². The largest absolute Gasteiger partial charge is 0.463 e. The van der Waals surface area contributed by atoms with E-state index in [-0.39, 0.29) is 12.5 Å². The third kappa shape index (κ3) is 6.23. The van der Waals surface area contributed by atoms with Gasteiger partial charge in [0.15, 0.2) is 18.3 Å². The molecule has 0 amide bonds. The molecule has 2 unspecified atom stereocenters. The van der Waals surface area contributed by atoms with Crippen LogP contribution in [0.5, 0.6) is 0 Å². The van der Waals surface area contributed by atoms with Crippen LogP contribution in [0.2, 0.25) is 0 Å². The first kappa shape index (κ1) is 18.9. The van der Waals surface area contributed by atoms with Gasteiger partial charge in [0.25, 0.3) is 0 Å². The first-order valence-electron chi connectivity index (χ1n) is 7.06. The van der Waals surface area contributed by atoms with Gasteiger partial charge in [-0.25, -0.2) is 4.99 Å². The summed E-state index contributed by atoms with van der Waals surface area (Å²) in [5.74, 6) is -1.53. The molecule has 0 aromatic carbocycles. The molecule has 1 rings (SSSR count). The van der Waals surface area contributed by atoms with Gasteiger partial charge in [-0.05, 0) is 6.92 Å². The van der Waals surface area contributed by atoms with E-state index in [4.69, 9.17) is 24.0 Å². The molecule has 9 heteroatoms. The van der Waals surface area contributed by atoms with E-state index in [0.29, 0.717) is 0 Å². The summed E-state index contributed by atoms with van der Waals surface area (Å²) in [4.78, 5) is 48.1. The molecule has 0 fully saturated rings. The number of carbonyl (C=O) groups excluding carboxylic acids is 3. The maximum Gasteiger partial charge on any atom is 0.303 e. The highest BCUT2D eigenvalue weighted by Crippen LogP contribution is 2.21. The summed E-state index contributed by atoms with van der Waals surface area (Å²) in [6.07, 6.45) is -2.96. The van der Waals surface area contributed by atoms with E-state index in [1.807, 2.05) is 0 Å². The van der Waals surface area contributed by atoms with Gasteiger partial charge in [-0.15, -0.1) is 0 Å². The Morgan fingerprint density at radius 3 is 2.13 bits per heavy atom. The Bertz CT molecular complexity index is 489. The van der Waals surface area contributed by atoms with Gasteiger partial charge >= 0.3 is 17.9 Å². The van der Waals surface area contributed by atoms with E-state index >= 15 is 0 Å². The highest BCUT2D eigenvalue weighted by Gasteiger charge is 2.42. The SMILES string of the molecule is CC(=O)OCC1OOC(C)=N[C@H](C)C(OC(C)=O)[C@H]1OC(C)=O. The van der Waals surface area contributed by atoms with E-state index in [2.05, 4.69) is 4.99 Å². The summed E-state index contributed by atoms with van der Waals surface area (Å²) < 4.78 is 15.3. The summed E-state index contributed by atoms with van der Waals surface area (Å²) in [6.45, 7) is 6.63. The topological polar surface area (TPSA) is 110 Å². The maximum atomic E-state index is 11.4. The number of nitrogens with zero attached hydrogens (tertiary/aromatic N) is 1. The maximum absolute atomic E-state index is 11.4. The fourth-order valence-corrected chi connectivity index (χ4v) is 2.07. The van der Waals surface area contributed by atoms with Crippen LogP contribution in [0.4, 0.5) is 0 Å². The second-order valence-electron chi connectivity index (χ2n) is 5.06. The number of hydrogen-bond donors (Lipinski definition) is 0. The zero-order valence-corrected chi connectivity index (χ0v) is 13.7. The zero-order chi connectivity index (χ0) is 17.6. The van der Waals surface area contributed by atoms with Crippen molar-refractivity contribution in [2.24, 2.45) is 4.99 Å². The lowest BCUT2D eigenvalue weighted by Crippen LogP contribution is -2.52. The van der Waals surface area contributed by atoms with Crippen molar-refractivity contribution in [2.75, 3.05) is 6.61 Å². The minimum Gasteiger partial charge on any atom is -0.463 e. The minimum atomic E-state index is -1.05. The molecular weight excluding hydrogens is 310 g/mol.